The second-order valence-electron chi connectivity index (χ2n) is 8.21. The number of anilines is 2. The summed E-state index contributed by atoms with van der Waals surface area (Å²) in [6, 6.07) is 16.6. The van der Waals surface area contributed by atoms with Crippen molar-refractivity contribution < 1.29 is 9.47 Å². The predicted molar refractivity (Wildman–Crippen MR) is 127 cm³/mol. The Labute approximate surface area is 193 Å². The smallest absolute Gasteiger partial charge is 0.318 e. The third kappa shape index (κ3) is 4.75. The highest BCUT2D eigenvalue weighted by molar-refractivity contribution is 6.30. The van der Waals surface area contributed by atoms with Gasteiger partial charge in [-0.1, -0.05) is 11.6 Å². The van der Waals surface area contributed by atoms with Crippen LogP contribution in [0.25, 0.3) is 0 Å². The molecule has 2 aliphatic rings. The summed E-state index contributed by atoms with van der Waals surface area (Å²) in [6.07, 6.45) is 6.54. The third-order valence-electron chi connectivity index (χ3n) is 5.82. The van der Waals surface area contributed by atoms with Crippen LogP contribution in [0.4, 0.5) is 11.5 Å². The number of ether oxygens (including phenoxy) is 2. The van der Waals surface area contributed by atoms with E-state index in [-0.39, 0.29) is 6.04 Å². The molecule has 1 unspecified atom stereocenters. The Bertz CT molecular complexity index is 1050. The van der Waals surface area contributed by atoms with E-state index in [1.165, 1.54) is 12.8 Å². The SMILES string of the molecule is CCOc1ncc2c(n1)N(C1CC1)CCCC2Nc1ccc(Oc2ccc(Cl)cc2)cc1. The fraction of sp³-hybridized carbons (Fsp3) is 0.360. The first-order valence-corrected chi connectivity index (χ1v) is 11.6. The normalized spacial score (nSPS) is 17.9. The van der Waals surface area contributed by atoms with Crippen LogP contribution in [0.15, 0.2) is 54.7 Å². The van der Waals surface area contributed by atoms with Crippen molar-refractivity contribution in [2.24, 2.45) is 0 Å². The van der Waals surface area contributed by atoms with E-state index in [1.807, 2.05) is 61.7 Å². The molecule has 1 atom stereocenters. The Hall–Kier alpha value is -2.99. The van der Waals surface area contributed by atoms with E-state index in [2.05, 4.69) is 15.2 Å². The summed E-state index contributed by atoms with van der Waals surface area (Å²) < 4.78 is 11.5. The van der Waals surface area contributed by atoms with Gasteiger partial charge in [0.1, 0.15) is 17.3 Å². The van der Waals surface area contributed by atoms with E-state index in [9.17, 15) is 0 Å². The van der Waals surface area contributed by atoms with E-state index in [0.29, 0.717) is 23.7 Å². The average molecular weight is 451 g/mol. The van der Waals surface area contributed by atoms with Crippen LogP contribution in [0.2, 0.25) is 5.02 Å². The van der Waals surface area contributed by atoms with Gasteiger partial charge >= 0.3 is 6.01 Å². The summed E-state index contributed by atoms with van der Waals surface area (Å²) in [6.45, 7) is 3.54. The molecule has 7 heteroatoms. The lowest BCUT2D eigenvalue weighted by Gasteiger charge is -2.25. The highest BCUT2D eigenvalue weighted by Gasteiger charge is 2.35. The number of nitrogens with one attached hydrogen (secondary N) is 1. The summed E-state index contributed by atoms with van der Waals surface area (Å²) in [4.78, 5) is 11.7. The summed E-state index contributed by atoms with van der Waals surface area (Å²) in [5.41, 5.74) is 2.18. The van der Waals surface area contributed by atoms with Gasteiger partial charge in [0, 0.05) is 35.1 Å². The van der Waals surface area contributed by atoms with E-state index in [1.54, 1.807) is 0 Å². The maximum atomic E-state index is 5.95. The first-order chi connectivity index (χ1) is 15.7. The molecular formula is C25H27ClN4O2. The molecule has 1 N–H and O–H groups in total. The van der Waals surface area contributed by atoms with Crippen LogP contribution in [-0.2, 0) is 0 Å². The Morgan fingerprint density at radius 1 is 1.03 bits per heavy atom. The minimum Gasteiger partial charge on any atom is -0.464 e. The minimum absolute atomic E-state index is 0.146. The van der Waals surface area contributed by atoms with Crippen LogP contribution in [0.1, 0.15) is 44.2 Å². The van der Waals surface area contributed by atoms with Crippen LogP contribution in [0, 0.1) is 0 Å². The van der Waals surface area contributed by atoms with Crippen molar-refractivity contribution in [1.82, 2.24) is 9.97 Å². The number of hydrogen-bond acceptors (Lipinski definition) is 6. The van der Waals surface area contributed by atoms with Crippen molar-refractivity contribution in [1.29, 1.82) is 0 Å². The molecule has 3 aromatic rings. The fourth-order valence-electron chi connectivity index (χ4n) is 4.12. The van der Waals surface area contributed by atoms with Crippen molar-refractivity contribution in [2.45, 2.75) is 44.7 Å². The molecule has 1 fully saturated rings. The quantitative estimate of drug-likeness (QED) is 0.460. The molecule has 0 bridgehead atoms. The van der Waals surface area contributed by atoms with Gasteiger partial charge < -0.3 is 19.7 Å². The molecule has 32 heavy (non-hydrogen) atoms. The van der Waals surface area contributed by atoms with Gasteiger partial charge in [0.2, 0.25) is 0 Å². The highest BCUT2D eigenvalue weighted by Crippen LogP contribution is 2.40. The first-order valence-electron chi connectivity index (χ1n) is 11.3. The van der Waals surface area contributed by atoms with Crippen LogP contribution in [0.5, 0.6) is 17.5 Å². The third-order valence-corrected chi connectivity index (χ3v) is 6.07. The molecule has 2 aromatic carbocycles. The molecule has 0 saturated heterocycles. The van der Waals surface area contributed by atoms with Gasteiger partial charge in [-0.15, -0.1) is 0 Å². The lowest BCUT2D eigenvalue weighted by molar-refractivity contribution is 0.312. The maximum absolute atomic E-state index is 5.95. The zero-order valence-corrected chi connectivity index (χ0v) is 18.9. The van der Waals surface area contributed by atoms with E-state index in [0.717, 1.165) is 48.0 Å². The molecule has 1 saturated carbocycles. The van der Waals surface area contributed by atoms with Gasteiger partial charge in [0.15, 0.2) is 0 Å². The number of hydrogen-bond donors (Lipinski definition) is 1. The maximum Gasteiger partial charge on any atom is 0.318 e. The lowest BCUT2D eigenvalue weighted by Crippen LogP contribution is -2.28. The molecule has 5 rings (SSSR count). The summed E-state index contributed by atoms with van der Waals surface area (Å²) in [5.74, 6) is 2.56. The number of benzene rings is 2. The molecule has 166 valence electrons. The molecule has 1 aliphatic heterocycles. The van der Waals surface area contributed by atoms with Gasteiger partial charge in [0.05, 0.1) is 12.6 Å². The van der Waals surface area contributed by atoms with Crippen LogP contribution in [-0.4, -0.2) is 29.2 Å². The topological polar surface area (TPSA) is 59.5 Å². The molecule has 1 aromatic heterocycles. The molecule has 6 nitrogen and oxygen atoms in total. The predicted octanol–water partition coefficient (Wildman–Crippen LogP) is 6.24. The standard InChI is InChI=1S/C25H27ClN4O2/c1-2-31-25-27-16-22-23(4-3-15-30(19-9-10-19)24(22)29-25)28-18-7-13-21(14-8-18)32-20-11-5-17(26)6-12-20/h5-8,11-14,16,19,23,28H,2-4,9-10,15H2,1H3. The number of fused-ring (bicyclic) bond motifs is 1. The zero-order valence-electron chi connectivity index (χ0n) is 18.1. The summed E-state index contributed by atoms with van der Waals surface area (Å²) in [5, 5.41) is 4.38. The van der Waals surface area contributed by atoms with Gasteiger partial charge in [0.25, 0.3) is 0 Å². The van der Waals surface area contributed by atoms with Gasteiger partial charge in [-0.2, -0.15) is 4.98 Å². The van der Waals surface area contributed by atoms with Gasteiger partial charge in [-0.05, 0) is 81.1 Å². The Morgan fingerprint density at radius 2 is 1.75 bits per heavy atom. The van der Waals surface area contributed by atoms with Gasteiger partial charge in [-0.3, -0.25) is 0 Å². The summed E-state index contributed by atoms with van der Waals surface area (Å²) in [7, 11) is 0. The van der Waals surface area contributed by atoms with Crippen molar-refractivity contribution >= 4 is 23.1 Å². The van der Waals surface area contributed by atoms with Crippen molar-refractivity contribution in [3.8, 4) is 17.5 Å². The van der Waals surface area contributed by atoms with Crippen molar-refractivity contribution in [3.63, 3.8) is 0 Å². The molecular weight excluding hydrogens is 424 g/mol. The monoisotopic (exact) mass is 450 g/mol. The van der Waals surface area contributed by atoms with Crippen LogP contribution in [0.3, 0.4) is 0 Å². The lowest BCUT2D eigenvalue weighted by atomic mass is 10.1. The summed E-state index contributed by atoms with van der Waals surface area (Å²) >= 11 is 5.95. The zero-order chi connectivity index (χ0) is 21.9. The second kappa shape index (κ2) is 9.25. The molecule has 0 amide bonds. The van der Waals surface area contributed by atoms with Crippen LogP contribution < -0.4 is 19.7 Å². The number of nitrogens with zero attached hydrogens (tertiary/aromatic N) is 3. The first kappa shape index (κ1) is 20.9. The highest BCUT2D eigenvalue weighted by atomic mass is 35.5. The molecule has 0 spiro atoms. The Morgan fingerprint density at radius 3 is 2.44 bits per heavy atom. The fourth-order valence-corrected chi connectivity index (χ4v) is 4.24. The molecule has 0 radical (unpaired) electrons. The van der Waals surface area contributed by atoms with E-state index < -0.39 is 0 Å². The van der Waals surface area contributed by atoms with Gasteiger partial charge in [-0.25, -0.2) is 4.98 Å². The molecule has 2 heterocycles. The van der Waals surface area contributed by atoms with Crippen LogP contribution >= 0.6 is 11.6 Å². The average Bonchev–Trinajstić information content (AvgIpc) is 3.65. The molecule has 1 aliphatic carbocycles. The minimum atomic E-state index is 0.146. The van der Waals surface area contributed by atoms with Crippen molar-refractivity contribution in [3.05, 3.63) is 65.3 Å². The number of rotatable bonds is 7. The number of halogens is 1. The van der Waals surface area contributed by atoms with E-state index in [4.69, 9.17) is 26.1 Å². The second-order valence-corrected chi connectivity index (χ2v) is 8.65. The largest absolute Gasteiger partial charge is 0.464 e. The Kier molecular flexibility index (Phi) is 6.04. The Balaban J connectivity index is 1.34. The van der Waals surface area contributed by atoms with Crippen molar-refractivity contribution in [2.75, 3.05) is 23.4 Å². The van der Waals surface area contributed by atoms with E-state index >= 15 is 0 Å². The number of aromatic nitrogens is 2.